The van der Waals surface area contributed by atoms with Crippen LogP contribution in [-0.2, 0) is 11.2 Å². The lowest BCUT2D eigenvalue weighted by atomic mass is 10.0. The van der Waals surface area contributed by atoms with Crippen molar-refractivity contribution in [1.29, 1.82) is 0 Å². The van der Waals surface area contributed by atoms with Crippen molar-refractivity contribution in [2.45, 2.75) is 20.3 Å². The highest BCUT2D eigenvalue weighted by Gasteiger charge is 2.10. The predicted octanol–water partition coefficient (Wildman–Crippen LogP) is 2.27. The lowest BCUT2D eigenvalue weighted by Gasteiger charge is -2.10. The van der Waals surface area contributed by atoms with E-state index in [9.17, 15) is 9.18 Å². The van der Waals surface area contributed by atoms with Crippen LogP contribution in [0.4, 0.5) is 4.39 Å². The van der Waals surface area contributed by atoms with Crippen LogP contribution in [0.1, 0.15) is 18.1 Å². The van der Waals surface area contributed by atoms with Gasteiger partial charge in [0.2, 0.25) is 0 Å². The largest absolute Gasteiger partial charge is 0.496 e. The number of aryl methyl sites for hydroxylation is 1. The number of Topliss-reactive ketones (excluding diaryl/α,β-unsaturated/α-hetero) is 1. The zero-order valence-electron chi connectivity index (χ0n) is 8.56. The van der Waals surface area contributed by atoms with Gasteiger partial charge in [-0.2, -0.15) is 0 Å². The summed E-state index contributed by atoms with van der Waals surface area (Å²) in [5.74, 6) is 0.259. The van der Waals surface area contributed by atoms with E-state index in [2.05, 4.69) is 0 Å². The first-order valence-electron chi connectivity index (χ1n) is 4.37. The molecule has 2 nitrogen and oxygen atoms in total. The molecule has 0 heterocycles. The maximum Gasteiger partial charge on any atom is 0.134 e. The molecule has 3 heteroatoms. The average molecular weight is 196 g/mol. The van der Waals surface area contributed by atoms with Crippen LogP contribution in [0.2, 0.25) is 0 Å². The van der Waals surface area contributed by atoms with Gasteiger partial charge in [0.25, 0.3) is 0 Å². The number of benzene rings is 1. The molecule has 0 radical (unpaired) electrons. The number of halogens is 1. The fourth-order valence-corrected chi connectivity index (χ4v) is 1.49. The van der Waals surface area contributed by atoms with E-state index in [1.54, 1.807) is 6.92 Å². The maximum absolute atomic E-state index is 13.0. The summed E-state index contributed by atoms with van der Waals surface area (Å²) in [5, 5.41) is 0. The van der Waals surface area contributed by atoms with E-state index in [0.29, 0.717) is 16.9 Å². The number of methoxy groups -OCH3 is 1. The van der Waals surface area contributed by atoms with Crippen molar-refractivity contribution in [1.82, 2.24) is 0 Å². The Morgan fingerprint density at radius 1 is 1.50 bits per heavy atom. The van der Waals surface area contributed by atoms with E-state index >= 15 is 0 Å². The number of hydrogen-bond donors (Lipinski definition) is 0. The fraction of sp³-hybridized carbons (Fsp3) is 0.364. The summed E-state index contributed by atoms with van der Waals surface area (Å²) in [6.45, 7) is 3.23. The van der Waals surface area contributed by atoms with Crippen LogP contribution < -0.4 is 4.74 Å². The highest BCUT2D eigenvalue weighted by atomic mass is 19.1. The average Bonchev–Trinajstić information content (AvgIpc) is 2.01. The molecule has 14 heavy (non-hydrogen) atoms. The molecule has 0 fully saturated rings. The number of hydrogen-bond acceptors (Lipinski definition) is 2. The molecule has 0 amide bonds. The van der Waals surface area contributed by atoms with Crippen molar-refractivity contribution in [2.75, 3.05) is 7.11 Å². The molecule has 0 aliphatic heterocycles. The van der Waals surface area contributed by atoms with Gasteiger partial charge in [-0.3, -0.25) is 4.79 Å². The topological polar surface area (TPSA) is 26.3 Å². The third kappa shape index (κ3) is 2.31. The normalized spacial score (nSPS) is 10.0. The molecule has 0 aliphatic rings. The molecular weight excluding hydrogens is 183 g/mol. The molecule has 0 aromatic heterocycles. The molecular formula is C11H13FO2. The maximum atomic E-state index is 13.0. The second-order valence-corrected chi connectivity index (χ2v) is 3.29. The second-order valence-electron chi connectivity index (χ2n) is 3.29. The van der Waals surface area contributed by atoms with Gasteiger partial charge in [-0.05, 0) is 31.5 Å². The van der Waals surface area contributed by atoms with Crippen LogP contribution in [0.25, 0.3) is 0 Å². The number of ether oxygens (including phenoxy) is 1. The Balaban J connectivity index is 3.17. The molecule has 1 rings (SSSR count). The zero-order chi connectivity index (χ0) is 10.7. The van der Waals surface area contributed by atoms with Crippen LogP contribution in [0.5, 0.6) is 5.75 Å². The van der Waals surface area contributed by atoms with Crippen LogP contribution >= 0.6 is 0 Å². The van der Waals surface area contributed by atoms with Crippen LogP contribution in [0.3, 0.4) is 0 Å². The molecule has 0 saturated heterocycles. The molecule has 76 valence electrons. The van der Waals surface area contributed by atoms with E-state index in [1.807, 2.05) is 0 Å². The van der Waals surface area contributed by atoms with Crippen molar-refractivity contribution >= 4 is 5.78 Å². The first kappa shape index (κ1) is 10.7. The Hall–Kier alpha value is -1.38. The second kappa shape index (κ2) is 4.22. The van der Waals surface area contributed by atoms with Gasteiger partial charge in [0.1, 0.15) is 17.3 Å². The van der Waals surface area contributed by atoms with Gasteiger partial charge >= 0.3 is 0 Å². The molecule has 0 aliphatic carbocycles. The SMILES string of the molecule is COc1c(C)cc(F)cc1CC(C)=O. The fourth-order valence-electron chi connectivity index (χ4n) is 1.49. The molecule has 1 aromatic carbocycles. The minimum atomic E-state index is -0.334. The molecule has 0 unspecified atom stereocenters. The van der Waals surface area contributed by atoms with E-state index in [-0.39, 0.29) is 18.0 Å². The third-order valence-corrected chi connectivity index (χ3v) is 1.96. The monoisotopic (exact) mass is 196 g/mol. The number of ketones is 1. The Kier molecular flexibility index (Phi) is 3.23. The standard InChI is InChI=1S/C11H13FO2/c1-7-4-10(12)6-9(5-8(2)13)11(7)14-3/h4,6H,5H2,1-3H3. The zero-order valence-corrected chi connectivity index (χ0v) is 8.56. The summed E-state index contributed by atoms with van der Waals surface area (Å²) in [7, 11) is 1.52. The lowest BCUT2D eigenvalue weighted by Crippen LogP contribution is -2.01. The van der Waals surface area contributed by atoms with Gasteiger partial charge in [0.05, 0.1) is 7.11 Å². The van der Waals surface area contributed by atoms with Crippen molar-refractivity contribution < 1.29 is 13.9 Å². The first-order valence-corrected chi connectivity index (χ1v) is 4.37. The van der Waals surface area contributed by atoms with Gasteiger partial charge in [-0.25, -0.2) is 4.39 Å². The number of carbonyl (C=O) groups is 1. The van der Waals surface area contributed by atoms with Gasteiger partial charge in [-0.1, -0.05) is 0 Å². The Bertz CT molecular complexity index is 359. The number of carbonyl (C=O) groups excluding carboxylic acids is 1. The summed E-state index contributed by atoms with van der Waals surface area (Å²) >= 11 is 0. The molecule has 0 bridgehead atoms. The molecule has 0 atom stereocenters. The predicted molar refractivity (Wildman–Crippen MR) is 52.1 cm³/mol. The molecule has 0 saturated carbocycles. The number of rotatable bonds is 3. The molecule has 0 spiro atoms. The van der Waals surface area contributed by atoms with Gasteiger partial charge in [0.15, 0.2) is 0 Å². The summed E-state index contributed by atoms with van der Waals surface area (Å²) < 4.78 is 18.1. The minimum absolute atomic E-state index is 0.00620. The van der Waals surface area contributed by atoms with Crippen LogP contribution in [0.15, 0.2) is 12.1 Å². The van der Waals surface area contributed by atoms with Crippen molar-refractivity contribution in [3.05, 3.63) is 29.1 Å². The first-order chi connectivity index (χ1) is 6.54. The smallest absolute Gasteiger partial charge is 0.134 e. The molecule has 0 N–H and O–H groups in total. The minimum Gasteiger partial charge on any atom is -0.496 e. The molecule has 1 aromatic rings. The summed E-state index contributed by atoms with van der Waals surface area (Å²) in [6, 6.07) is 2.73. The Morgan fingerprint density at radius 3 is 2.64 bits per heavy atom. The van der Waals surface area contributed by atoms with Gasteiger partial charge in [0, 0.05) is 12.0 Å². The summed E-state index contributed by atoms with van der Waals surface area (Å²) in [4.78, 5) is 10.9. The highest BCUT2D eigenvalue weighted by molar-refractivity contribution is 5.79. The summed E-state index contributed by atoms with van der Waals surface area (Å²) in [6.07, 6.45) is 0.210. The van der Waals surface area contributed by atoms with Crippen molar-refractivity contribution in [3.8, 4) is 5.75 Å². The van der Waals surface area contributed by atoms with Gasteiger partial charge < -0.3 is 4.74 Å². The quantitative estimate of drug-likeness (QED) is 0.741. The Labute approximate surface area is 82.7 Å². The highest BCUT2D eigenvalue weighted by Crippen LogP contribution is 2.25. The van der Waals surface area contributed by atoms with E-state index < -0.39 is 0 Å². The summed E-state index contributed by atoms with van der Waals surface area (Å²) in [5.41, 5.74) is 1.32. The van der Waals surface area contributed by atoms with E-state index in [4.69, 9.17) is 4.74 Å². The van der Waals surface area contributed by atoms with E-state index in [0.717, 1.165) is 0 Å². The Morgan fingerprint density at radius 2 is 2.14 bits per heavy atom. The van der Waals surface area contributed by atoms with Crippen LogP contribution in [-0.4, -0.2) is 12.9 Å². The van der Waals surface area contributed by atoms with Crippen molar-refractivity contribution in [3.63, 3.8) is 0 Å². The third-order valence-electron chi connectivity index (χ3n) is 1.96. The van der Waals surface area contributed by atoms with Crippen LogP contribution in [0, 0.1) is 12.7 Å². The van der Waals surface area contributed by atoms with Crippen molar-refractivity contribution in [2.24, 2.45) is 0 Å². The lowest BCUT2D eigenvalue weighted by molar-refractivity contribution is -0.116. The van der Waals surface area contributed by atoms with Gasteiger partial charge in [-0.15, -0.1) is 0 Å². The van der Waals surface area contributed by atoms with E-state index in [1.165, 1.54) is 26.2 Å².